The van der Waals surface area contributed by atoms with Gasteiger partial charge in [-0.1, -0.05) is 41.5 Å². The van der Waals surface area contributed by atoms with Crippen LogP contribution in [-0.2, 0) is 28.6 Å². The number of rotatable bonds is 18. The molecule has 0 heterocycles. The lowest BCUT2D eigenvalue weighted by Crippen LogP contribution is -2.54. The Bertz CT molecular complexity index is 467. The Morgan fingerprint density at radius 1 is 0.548 bits per heavy atom. The van der Waals surface area contributed by atoms with Gasteiger partial charge < -0.3 is 18.7 Å². The molecule has 0 aromatic heterocycles. The normalized spacial score (nSPS) is 11.8. The number of ether oxygens (including phenoxy) is 3. The third-order valence-electron chi connectivity index (χ3n) is 5.16. The standard InChI is InChI=1S/C24H46NO6/c1-7-13-21(26)29-24(30-22(27)14-8-2,31-23(28)15-9-3)16-20-25(17-10-4,18-11-5)19-12-6/h7-20H2,1-6H3/q+1. The molecule has 0 N–H and O–H groups in total. The summed E-state index contributed by atoms with van der Waals surface area (Å²) < 4.78 is 17.6. The highest BCUT2D eigenvalue weighted by molar-refractivity contribution is 5.73. The van der Waals surface area contributed by atoms with E-state index < -0.39 is 23.9 Å². The van der Waals surface area contributed by atoms with Gasteiger partial charge in [-0.05, 0) is 38.5 Å². The molecule has 0 aromatic rings. The first-order valence-electron chi connectivity index (χ1n) is 12.3. The molecule has 0 fully saturated rings. The molecule has 0 saturated carbocycles. The van der Waals surface area contributed by atoms with Crippen LogP contribution in [0.1, 0.15) is 106 Å². The molecule has 0 saturated heterocycles. The third-order valence-corrected chi connectivity index (χ3v) is 5.16. The van der Waals surface area contributed by atoms with Crippen LogP contribution in [0.5, 0.6) is 0 Å². The Hall–Kier alpha value is -1.63. The molecular formula is C24H46NO6+. The summed E-state index contributed by atoms with van der Waals surface area (Å²) >= 11 is 0. The van der Waals surface area contributed by atoms with Gasteiger partial charge in [0.25, 0.3) is 0 Å². The van der Waals surface area contributed by atoms with Crippen molar-refractivity contribution in [2.75, 3.05) is 26.2 Å². The topological polar surface area (TPSA) is 78.9 Å². The van der Waals surface area contributed by atoms with E-state index in [0.717, 1.165) is 43.4 Å². The molecule has 0 aliphatic rings. The van der Waals surface area contributed by atoms with Gasteiger partial charge in [0.1, 0.15) is 6.42 Å². The van der Waals surface area contributed by atoms with Crippen LogP contribution < -0.4 is 0 Å². The summed E-state index contributed by atoms with van der Waals surface area (Å²) in [6.45, 7) is 15.5. The van der Waals surface area contributed by atoms with Gasteiger partial charge in [0.05, 0.1) is 26.2 Å². The van der Waals surface area contributed by atoms with E-state index in [2.05, 4.69) is 20.8 Å². The van der Waals surface area contributed by atoms with E-state index in [0.29, 0.717) is 25.8 Å². The molecule has 31 heavy (non-hydrogen) atoms. The number of esters is 3. The van der Waals surface area contributed by atoms with Crippen LogP contribution in [0, 0.1) is 0 Å². The van der Waals surface area contributed by atoms with Crippen molar-refractivity contribution in [3.63, 3.8) is 0 Å². The van der Waals surface area contributed by atoms with E-state index in [9.17, 15) is 14.4 Å². The van der Waals surface area contributed by atoms with Crippen LogP contribution in [0.3, 0.4) is 0 Å². The van der Waals surface area contributed by atoms with E-state index in [4.69, 9.17) is 14.2 Å². The fourth-order valence-electron chi connectivity index (χ4n) is 3.97. The molecule has 182 valence electrons. The van der Waals surface area contributed by atoms with Crippen molar-refractivity contribution in [2.45, 2.75) is 112 Å². The van der Waals surface area contributed by atoms with Crippen LogP contribution in [0.15, 0.2) is 0 Å². The van der Waals surface area contributed by atoms with E-state index in [1.54, 1.807) is 0 Å². The highest BCUT2D eigenvalue weighted by Gasteiger charge is 2.46. The molecule has 0 aromatic carbocycles. The number of hydrogen-bond donors (Lipinski definition) is 0. The summed E-state index contributed by atoms with van der Waals surface area (Å²) in [4.78, 5) is 37.3. The number of quaternary nitrogens is 1. The van der Waals surface area contributed by atoms with Crippen molar-refractivity contribution >= 4 is 17.9 Å². The van der Waals surface area contributed by atoms with E-state index in [1.165, 1.54) is 0 Å². The van der Waals surface area contributed by atoms with Gasteiger partial charge in [0.15, 0.2) is 0 Å². The maximum Gasteiger partial charge on any atom is 0.429 e. The van der Waals surface area contributed by atoms with Gasteiger partial charge in [0.2, 0.25) is 0 Å². The van der Waals surface area contributed by atoms with Gasteiger partial charge in [-0.3, -0.25) is 14.4 Å². The van der Waals surface area contributed by atoms with Crippen LogP contribution >= 0.6 is 0 Å². The number of nitrogens with zero attached hydrogens (tertiary/aromatic N) is 1. The SMILES string of the molecule is CCCC(=O)OC(CC[N+](CCC)(CCC)CCC)(OC(=O)CCC)OC(=O)CCC. The van der Waals surface area contributed by atoms with Gasteiger partial charge in [-0.15, -0.1) is 0 Å². The zero-order valence-electron chi connectivity index (χ0n) is 20.8. The lowest BCUT2D eigenvalue weighted by Gasteiger charge is -2.41. The Balaban J connectivity index is 5.99. The number of carbonyl (C=O) groups is 3. The number of carbonyl (C=O) groups excluding carboxylic acids is 3. The Kier molecular flexibility index (Phi) is 15.2. The summed E-state index contributed by atoms with van der Waals surface area (Å²) in [7, 11) is 0. The van der Waals surface area contributed by atoms with Gasteiger partial charge in [-0.2, -0.15) is 0 Å². The summed E-state index contributed by atoms with van der Waals surface area (Å²) in [5.74, 6) is -3.59. The molecule has 0 aliphatic carbocycles. The Morgan fingerprint density at radius 2 is 0.871 bits per heavy atom. The summed E-state index contributed by atoms with van der Waals surface area (Å²) in [5.41, 5.74) is 0. The molecule has 0 amide bonds. The van der Waals surface area contributed by atoms with Crippen molar-refractivity contribution in [1.82, 2.24) is 0 Å². The zero-order valence-corrected chi connectivity index (χ0v) is 20.8. The van der Waals surface area contributed by atoms with E-state index >= 15 is 0 Å². The van der Waals surface area contributed by atoms with Gasteiger partial charge in [0, 0.05) is 19.3 Å². The van der Waals surface area contributed by atoms with Crippen LogP contribution in [0.4, 0.5) is 0 Å². The van der Waals surface area contributed by atoms with Crippen molar-refractivity contribution in [3.05, 3.63) is 0 Å². The smallest absolute Gasteiger partial charge is 0.388 e. The first kappa shape index (κ1) is 29.4. The van der Waals surface area contributed by atoms with Crippen molar-refractivity contribution in [3.8, 4) is 0 Å². The minimum atomic E-state index is -2.00. The molecule has 0 bridgehead atoms. The average Bonchev–Trinajstić information content (AvgIpc) is 2.67. The lowest BCUT2D eigenvalue weighted by atomic mass is 10.2. The second-order valence-electron chi connectivity index (χ2n) is 8.34. The predicted molar refractivity (Wildman–Crippen MR) is 121 cm³/mol. The molecule has 0 radical (unpaired) electrons. The quantitative estimate of drug-likeness (QED) is 0.166. The Labute approximate surface area is 189 Å². The third kappa shape index (κ3) is 11.5. The Morgan fingerprint density at radius 3 is 1.13 bits per heavy atom. The molecular weight excluding hydrogens is 398 g/mol. The fourth-order valence-corrected chi connectivity index (χ4v) is 3.97. The predicted octanol–water partition coefficient (Wildman–Crippen LogP) is 5.11. The average molecular weight is 445 g/mol. The molecule has 0 aliphatic heterocycles. The van der Waals surface area contributed by atoms with Crippen molar-refractivity contribution in [1.29, 1.82) is 0 Å². The summed E-state index contributed by atoms with van der Waals surface area (Å²) in [6.07, 6.45) is 5.40. The minimum Gasteiger partial charge on any atom is -0.388 e. The summed E-state index contributed by atoms with van der Waals surface area (Å²) in [5, 5.41) is 0. The second-order valence-corrected chi connectivity index (χ2v) is 8.34. The van der Waals surface area contributed by atoms with E-state index in [1.807, 2.05) is 20.8 Å². The molecule has 7 nitrogen and oxygen atoms in total. The maximum atomic E-state index is 12.4. The molecule has 0 unspecified atom stereocenters. The summed E-state index contributed by atoms with van der Waals surface area (Å²) in [6, 6.07) is 0. The molecule has 7 heteroatoms. The van der Waals surface area contributed by atoms with Crippen LogP contribution in [-0.4, -0.2) is 54.5 Å². The first-order chi connectivity index (χ1) is 14.8. The highest BCUT2D eigenvalue weighted by Crippen LogP contribution is 2.27. The second kappa shape index (κ2) is 16.1. The number of hydrogen-bond acceptors (Lipinski definition) is 6. The molecule has 0 atom stereocenters. The van der Waals surface area contributed by atoms with Crippen molar-refractivity contribution in [2.24, 2.45) is 0 Å². The molecule has 0 rings (SSSR count). The molecule has 0 spiro atoms. The fraction of sp³-hybridized carbons (Fsp3) is 0.875. The zero-order chi connectivity index (χ0) is 23.8. The lowest BCUT2D eigenvalue weighted by molar-refractivity contribution is -0.929. The monoisotopic (exact) mass is 444 g/mol. The maximum absolute atomic E-state index is 12.4. The largest absolute Gasteiger partial charge is 0.429 e. The van der Waals surface area contributed by atoms with E-state index in [-0.39, 0.29) is 25.7 Å². The van der Waals surface area contributed by atoms with Crippen LogP contribution in [0.25, 0.3) is 0 Å². The van der Waals surface area contributed by atoms with Crippen molar-refractivity contribution < 1.29 is 33.1 Å². The van der Waals surface area contributed by atoms with Gasteiger partial charge in [-0.25, -0.2) is 0 Å². The highest BCUT2D eigenvalue weighted by atomic mass is 16.9. The van der Waals surface area contributed by atoms with Gasteiger partial charge >= 0.3 is 23.9 Å². The minimum absolute atomic E-state index is 0.132. The first-order valence-corrected chi connectivity index (χ1v) is 12.3. The van der Waals surface area contributed by atoms with Crippen LogP contribution in [0.2, 0.25) is 0 Å².